The highest BCUT2D eigenvalue weighted by Gasteiger charge is 2.16. The number of aromatic amines is 1. The summed E-state index contributed by atoms with van der Waals surface area (Å²) in [4.78, 5) is 37.4. The van der Waals surface area contributed by atoms with Crippen molar-refractivity contribution in [3.05, 3.63) is 102 Å². The molecular formula is C26H18N6O3. The van der Waals surface area contributed by atoms with Gasteiger partial charge in [-0.25, -0.2) is 9.97 Å². The highest BCUT2D eigenvalue weighted by molar-refractivity contribution is 6.07. The first kappa shape index (κ1) is 21.6. The number of nitrogens with one attached hydrogen (secondary N) is 3. The lowest BCUT2D eigenvalue weighted by molar-refractivity contribution is 0.0948. The van der Waals surface area contributed by atoms with E-state index >= 15 is 0 Å². The van der Waals surface area contributed by atoms with Crippen LogP contribution >= 0.6 is 0 Å². The van der Waals surface area contributed by atoms with Crippen LogP contribution in [0.1, 0.15) is 32.2 Å². The smallest absolute Gasteiger partial charge is 0.276 e. The van der Waals surface area contributed by atoms with E-state index in [1.54, 1.807) is 73.0 Å². The number of fused-ring (bicyclic) bond motifs is 1. The predicted molar refractivity (Wildman–Crippen MR) is 128 cm³/mol. The minimum absolute atomic E-state index is 0.182. The number of furan rings is 1. The molecule has 0 fully saturated rings. The number of amides is 2. The summed E-state index contributed by atoms with van der Waals surface area (Å²) >= 11 is 0. The summed E-state index contributed by atoms with van der Waals surface area (Å²) in [6.07, 6.45) is 1.54. The average molecular weight is 462 g/mol. The van der Waals surface area contributed by atoms with E-state index in [2.05, 4.69) is 31.7 Å². The highest BCUT2D eigenvalue weighted by Crippen LogP contribution is 2.21. The number of hydrogen-bond acceptors (Lipinski definition) is 6. The zero-order chi connectivity index (χ0) is 24.2. The zero-order valence-electron chi connectivity index (χ0n) is 18.3. The van der Waals surface area contributed by atoms with Gasteiger partial charge in [-0.3, -0.25) is 14.9 Å². The molecule has 0 spiro atoms. The summed E-state index contributed by atoms with van der Waals surface area (Å²) in [7, 11) is 0. The Morgan fingerprint density at radius 3 is 2.66 bits per heavy atom. The number of imidazole rings is 1. The normalized spacial score (nSPS) is 10.6. The van der Waals surface area contributed by atoms with Gasteiger partial charge in [0.15, 0.2) is 0 Å². The SMILES string of the molecule is N#Cc1cccc(-c2cccc(C(=O)Nc3nc4cccc(C(=O)NCc5ccco5)c4[nH]3)n2)c1. The number of benzene rings is 2. The van der Waals surface area contributed by atoms with Crippen LogP contribution in [-0.2, 0) is 6.54 Å². The van der Waals surface area contributed by atoms with Crippen LogP contribution in [0.4, 0.5) is 5.95 Å². The van der Waals surface area contributed by atoms with Gasteiger partial charge in [0.05, 0.1) is 46.7 Å². The van der Waals surface area contributed by atoms with Gasteiger partial charge in [-0.15, -0.1) is 0 Å². The van der Waals surface area contributed by atoms with Crippen LogP contribution in [-0.4, -0.2) is 26.8 Å². The minimum Gasteiger partial charge on any atom is -0.467 e. The molecule has 0 bridgehead atoms. The van der Waals surface area contributed by atoms with Crippen molar-refractivity contribution >= 4 is 28.8 Å². The number of nitrogens with zero attached hydrogens (tertiary/aromatic N) is 3. The summed E-state index contributed by atoms with van der Waals surface area (Å²) in [6.45, 7) is 0.249. The van der Waals surface area contributed by atoms with Gasteiger partial charge < -0.3 is 14.7 Å². The molecule has 35 heavy (non-hydrogen) atoms. The molecule has 2 amide bonds. The van der Waals surface area contributed by atoms with Crippen molar-refractivity contribution in [3.63, 3.8) is 0 Å². The maximum absolute atomic E-state index is 12.9. The number of hydrogen-bond donors (Lipinski definition) is 3. The fourth-order valence-corrected chi connectivity index (χ4v) is 3.60. The standard InChI is InChI=1S/C26H18N6O3/c27-14-16-5-1-6-17(13-16)20-9-3-11-22(29-20)25(34)32-26-30-21-10-2-8-19(23(21)31-26)24(33)28-15-18-7-4-12-35-18/h1-13H,15H2,(H,28,33)(H2,30,31,32,34). The molecule has 0 radical (unpaired) electrons. The van der Waals surface area contributed by atoms with E-state index in [0.29, 0.717) is 33.6 Å². The number of carbonyl (C=O) groups excluding carboxylic acids is 2. The van der Waals surface area contributed by atoms with Gasteiger partial charge in [0.1, 0.15) is 11.5 Å². The molecule has 5 aromatic rings. The molecule has 0 unspecified atom stereocenters. The van der Waals surface area contributed by atoms with Gasteiger partial charge in [-0.1, -0.05) is 24.3 Å². The van der Waals surface area contributed by atoms with Crippen LogP contribution in [0, 0.1) is 11.3 Å². The maximum Gasteiger partial charge on any atom is 0.276 e. The van der Waals surface area contributed by atoms with Crippen LogP contribution < -0.4 is 10.6 Å². The van der Waals surface area contributed by atoms with Crippen molar-refractivity contribution in [1.29, 1.82) is 5.26 Å². The molecule has 3 heterocycles. The molecule has 170 valence electrons. The van der Waals surface area contributed by atoms with Crippen molar-refractivity contribution < 1.29 is 14.0 Å². The number of para-hydroxylation sites is 1. The van der Waals surface area contributed by atoms with Crippen molar-refractivity contribution in [3.8, 4) is 17.3 Å². The number of pyridine rings is 1. The monoisotopic (exact) mass is 462 g/mol. The fraction of sp³-hybridized carbons (Fsp3) is 0.0385. The number of rotatable bonds is 6. The van der Waals surface area contributed by atoms with Crippen LogP contribution in [0.15, 0.2) is 83.5 Å². The first-order valence-electron chi connectivity index (χ1n) is 10.7. The average Bonchev–Trinajstić information content (AvgIpc) is 3.56. The second-order valence-corrected chi connectivity index (χ2v) is 7.60. The first-order valence-corrected chi connectivity index (χ1v) is 10.7. The van der Waals surface area contributed by atoms with Crippen LogP contribution in [0.3, 0.4) is 0 Å². The third-order valence-corrected chi connectivity index (χ3v) is 5.27. The fourth-order valence-electron chi connectivity index (χ4n) is 3.60. The highest BCUT2D eigenvalue weighted by atomic mass is 16.3. The molecular weight excluding hydrogens is 444 g/mol. The van der Waals surface area contributed by atoms with Crippen LogP contribution in [0.25, 0.3) is 22.3 Å². The Labute approximate surface area is 199 Å². The molecule has 9 heteroatoms. The quantitative estimate of drug-likeness (QED) is 0.345. The molecule has 3 N–H and O–H groups in total. The lowest BCUT2D eigenvalue weighted by Gasteiger charge is -2.05. The van der Waals surface area contributed by atoms with Crippen LogP contribution in [0.2, 0.25) is 0 Å². The van der Waals surface area contributed by atoms with Gasteiger partial charge in [0, 0.05) is 5.56 Å². The Bertz CT molecular complexity index is 1580. The van der Waals surface area contributed by atoms with Gasteiger partial charge in [-0.2, -0.15) is 5.26 Å². The molecule has 0 aliphatic carbocycles. The lowest BCUT2D eigenvalue weighted by Crippen LogP contribution is -2.22. The molecule has 9 nitrogen and oxygen atoms in total. The number of nitriles is 1. The number of anilines is 1. The molecule has 0 aliphatic heterocycles. The van der Waals surface area contributed by atoms with E-state index in [0.717, 1.165) is 5.56 Å². The van der Waals surface area contributed by atoms with Crippen molar-refractivity contribution in [2.45, 2.75) is 6.54 Å². The van der Waals surface area contributed by atoms with E-state index in [1.165, 1.54) is 0 Å². The third-order valence-electron chi connectivity index (χ3n) is 5.27. The molecule has 0 atom stereocenters. The Morgan fingerprint density at radius 2 is 1.83 bits per heavy atom. The number of aromatic nitrogens is 3. The van der Waals surface area contributed by atoms with Gasteiger partial charge >= 0.3 is 0 Å². The molecule has 0 saturated heterocycles. The Kier molecular flexibility index (Phi) is 5.76. The van der Waals surface area contributed by atoms with Gasteiger partial charge in [-0.05, 0) is 48.5 Å². The molecule has 2 aromatic carbocycles. The van der Waals surface area contributed by atoms with E-state index in [4.69, 9.17) is 9.68 Å². The molecule has 5 rings (SSSR count). The lowest BCUT2D eigenvalue weighted by atomic mass is 10.1. The van der Waals surface area contributed by atoms with Crippen molar-refractivity contribution in [1.82, 2.24) is 20.3 Å². The van der Waals surface area contributed by atoms with E-state index in [1.807, 2.05) is 6.07 Å². The second-order valence-electron chi connectivity index (χ2n) is 7.60. The van der Waals surface area contributed by atoms with E-state index < -0.39 is 5.91 Å². The zero-order valence-corrected chi connectivity index (χ0v) is 18.3. The summed E-state index contributed by atoms with van der Waals surface area (Å²) < 4.78 is 5.24. The van der Waals surface area contributed by atoms with E-state index in [-0.39, 0.29) is 24.1 Å². The molecule has 0 aliphatic rings. The van der Waals surface area contributed by atoms with E-state index in [9.17, 15) is 9.59 Å². The van der Waals surface area contributed by atoms with Crippen LogP contribution in [0.5, 0.6) is 0 Å². The summed E-state index contributed by atoms with van der Waals surface area (Å²) in [5, 5.41) is 14.6. The number of H-pyrrole nitrogens is 1. The largest absolute Gasteiger partial charge is 0.467 e. The van der Waals surface area contributed by atoms with Crippen molar-refractivity contribution in [2.24, 2.45) is 0 Å². The topological polar surface area (TPSA) is 137 Å². The number of carbonyl (C=O) groups is 2. The predicted octanol–water partition coefficient (Wildman–Crippen LogP) is 4.27. The van der Waals surface area contributed by atoms with Gasteiger partial charge in [0.2, 0.25) is 5.95 Å². The summed E-state index contributed by atoms with van der Waals surface area (Å²) in [5.74, 6) is 0.0563. The first-order chi connectivity index (χ1) is 17.1. The maximum atomic E-state index is 12.9. The molecule has 0 saturated carbocycles. The minimum atomic E-state index is -0.467. The van der Waals surface area contributed by atoms with Gasteiger partial charge in [0.25, 0.3) is 11.8 Å². The summed E-state index contributed by atoms with van der Waals surface area (Å²) in [5.41, 5.74) is 3.39. The Balaban J connectivity index is 1.35. The second kappa shape index (κ2) is 9.33. The Morgan fingerprint density at radius 1 is 0.971 bits per heavy atom. The summed E-state index contributed by atoms with van der Waals surface area (Å²) in [6, 6.07) is 22.8. The molecule has 3 aromatic heterocycles. The third kappa shape index (κ3) is 4.62. The Hall–Kier alpha value is -5.23. The van der Waals surface area contributed by atoms with Crippen molar-refractivity contribution in [2.75, 3.05) is 5.32 Å².